The van der Waals surface area contributed by atoms with Crippen molar-refractivity contribution in [2.24, 2.45) is 0 Å². The number of ether oxygens (including phenoxy) is 1. The average Bonchev–Trinajstić information content (AvgIpc) is 3.04. The van der Waals surface area contributed by atoms with Crippen molar-refractivity contribution in [1.82, 2.24) is 9.46 Å². The Balaban J connectivity index is 2.29. The first-order valence-electron chi connectivity index (χ1n) is 6.56. The number of carbonyl (C=O) groups excluding carboxylic acids is 1. The van der Waals surface area contributed by atoms with Gasteiger partial charge in [-0.15, -0.1) is 0 Å². The topological polar surface area (TPSA) is 89.7 Å². The molecule has 0 saturated heterocycles. The van der Waals surface area contributed by atoms with Crippen molar-refractivity contribution in [1.29, 1.82) is 0 Å². The minimum Gasteiger partial charge on any atom is -0.464 e. The van der Waals surface area contributed by atoms with Gasteiger partial charge in [-0.1, -0.05) is 17.3 Å². The van der Waals surface area contributed by atoms with Crippen molar-refractivity contribution in [2.45, 2.75) is 18.1 Å². The quantitative estimate of drug-likeness (QED) is 0.772. The monoisotopic (exact) mass is 342 g/mol. The van der Waals surface area contributed by atoms with Crippen LogP contribution in [0.15, 0.2) is 39.9 Å². The van der Waals surface area contributed by atoms with Crippen LogP contribution in [-0.2, 0) is 14.8 Å². The summed E-state index contributed by atoms with van der Waals surface area (Å²) in [6.45, 7) is 1.64. The molecule has 0 bridgehead atoms. The number of esters is 1. The summed E-state index contributed by atoms with van der Waals surface area (Å²) in [4.78, 5) is 11.3. The molecule has 1 unspecified atom stereocenters. The van der Waals surface area contributed by atoms with Gasteiger partial charge in [0.05, 0.1) is 7.11 Å². The molecule has 1 aromatic heterocycles. The lowest BCUT2D eigenvalue weighted by atomic mass is 10.1. The highest BCUT2D eigenvalue weighted by Crippen LogP contribution is 2.26. The molecule has 1 atom stereocenters. The third kappa shape index (κ3) is 3.40. The Labute approximate surface area is 132 Å². The number of aromatic nitrogens is 1. The zero-order valence-electron chi connectivity index (χ0n) is 12.7. The van der Waals surface area contributed by atoms with E-state index in [9.17, 15) is 17.6 Å². The predicted octanol–water partition coefficient (Wildman–Crippen LogP) is 1.98. The smallest absolute Gasteiger partial charge is 0.360 e. The Kier molecular flexibility index (Phi) is 4.81. The molecule has 0 radical (unpaired) electrons. The highest BCUT2D eigenvalue weighted by molar-refractivity contribution is 7.89. The van der Waals surface area contributed by atoms with E-state index in [0.29, 0.717) is 5.56 Å². The minimum atomic E-state index is -4.01. The molecular formula is C14H15FN2O5S. The SMILES string of the molecule is COC(=O)c1cc(S(=O)(=O)N(C)C(C)c2ccc(F)cc2)on1. The maximum Gasteiger partial charge on any atom is 0.360 e. The Bertz CT molecular complexity index is 801. The number of nitrogens with zero attached hydrogens (tertiary/aromatic N) is 2. The summed E-state index contributed by atoms with van der Waals surface area (Å²) >= 11 is 0. The van der Waals surface area contributed by atoms with E-state index in [4.69, 9.17) is 4.52 Å². The third-order valence-corrected chi connectivity index (χ3v) is 5.19. The van der Waals surface area contributed by atoms with Gasteiger partial charge in [0.15, 0.2) is 5.69 Å². The molecule has 124 valence electrons. The maximum atomic E-state index is 13.0. The van der Waals surface area contributed by atoms with Gasteiger partial charge in [0.2, 0.25) is 0 Å². The van der Waals surface area contributed by atoms with Crippen LogP contribution in [0.25, 0.3) is 0 Å². The molecule has 2 aromatic rings. The molecule has 0 spiro atoms. The van der Waals surface area contributed by atoms with Crippen molar-refractivity contribution < 1.29 is 26.9 Å². The second-order valence-corrected chi connectivity index (χ2v) is 6.70. The zero-order chi connectivity index (χ0) is 17.2. The number of hydrogen-bond donors (Lipinski definition) is 0. The van der Waals surface area contributed by atoms with E-state index in [1.54, 1.807) is 6.92 Å². The predicted molar refractivity (Wildman–Crippen MR) is 77.6 cm³/mol. The molecule has 23 heavy (non-hydrogen) atoms. The van der Waals surface area contributed by atoms with Crippen LogP contribution in [0, 0.1) is 5.82 Å². The number of hydrogen-bond acceptors (Lipinski definition) is 6. The molecule has 9 heteroatoms. The van der Waals surface area contributed by atoms with E-state index in [0.717, 1.165) is 17.5 Å². The number of halogens is 1. The maximum absolute atomic E-state index is 13.0. The van der Waals surface area contributed by atoms with Gasteiger partial charge in [0.1, 0.15) is 5.82 Å². The first-order valence-corrected chi connectivity index (χ1v) is 8.00. The standard InChI is InChI=1S/C14H15FN2O5S/c1-9(10-4-6-11(15)7-5-10)17(2)23(19,20)13-8-12(16-22-13)14(18)21-3/h4-9H,1-3H3. The zero-order valence-corrected chi connectivity index (χ0v) is 13.5. The molecule has 0 amide bonds. The van der Waals surface area contributed by atoms with Crippen LogP contribution in [0.2, 0.25) is 0 Å². The summed E-state index contributed by atoms with van der Waals surface area (Å²) in [5.74, 6) is -1.21. The first kappa shape index (κ1) is 17.1. The third-order valence-electron chi connectivity index (χ3n) is 3.41. The molecule has 1 aromatic carbocycles. The fourth-order valence-corrected chi connectivity index (χ4v) is 3.10. The summed E-state index contributed by atoms with van der Waals surface area (Å²) in [5.41, 5.74) is 0.360. The van der Waals surface area contributed by atoms with Gasteiger partial charge in [-0.05, 0) is 24.6 Å². The van der Waals surface area contributed by atoms with Crippen molar-refractivity contribution in [2.75, 3.05) is 14.2 Å². The highest BCUT2D eigenvalue weighted by atomic mass is 32.2. The Morgan fingerprint density at radius 1 is 1.35 bits per heavy atom. The summed E-state index contributed by atoms with van der Waals surface area (Å²) in [5, 5.41) is 2.90. The van der Waals surface area contributed by atoms with Gasteiger partial charge in [-0.25, -0.2) is 17.6 Å². The van der Waals surface area contributed by atoms with Gasteiger partial charge < -0.3 is 9.26 Å². The number of methoxy groups -OCH3 is 1. The summed E-state index contributed by atoms with van der Waals surface area (Å²) in [7, 11) is -1.52. The minimum absolute atomic E-state index is 0.242. The van der Waals surface area contributed by atoms with Crippen molar-refractivity contribution in [3.63, 3.8) is 0 Å². The van der Waals surface area contributed by atoms with Crippen LogP contribution in [0.5, 0.6) is 0 Å². The Hall–Kier alpha value is -2.26. The fourth-order valence-electron chi connectivity index (χ4n) is 1.88. The van der Waals surface area contributed by atoms with Crippen LogP contribution in [0.1, 0.15) is 29.0 Å². The number of benzene rings is 1. The first-order chi connectivity index (χ1) is 10.8. The van der Waals surface area contributed by atoms with Crippen molar-refractivity contribution >= 4 is 16.0 Å². The molecule has 0 aliphatic heterocycles. The van der Waals surface area contributed by atoms with Crippen LogP contribution in [-0.4, -0.2) is 38.0 Å². The van der Waals surface area contributed by atoms with E-state index >= 15 is 0 Å². The molecule has 0 aliphatic carbocycles. The van der Waals surface area contributed by atoms with E-state index in [2.05, 4.69) is 9.89 Å². The van der Waals surface area contributed by atoms with Gasteiger partial charge in [-0.3, -0.25) is 0 Å². The Morgan fingerprint density at radius 2 is 1.96 bits per heavy atom. The Morgan fingerprint density at radius 3 is 2.52 bits per heavy atom. The van der Waals surface area contributed by atoms with Crippen LogP contribution in [0.4, 0.5) is 4.39 Å². The molecule has 0 saturated carbocycles. The number of rotatable bonds is 5. The molecular weight excluding hydrogens is 327 g/mol. The summed E-state index contributed by atoms with van der Waals surface area (Å²) in [6.07, 6.45) is 0. The van der Waals surface area contributed by atoms with Crippen molar-refractivity contribution in [3.05, 3.63) is 47.4 Å². The van der Waals surface area contributed by atoms with Crippen LogP contribution < -0.4 is 0 Å². The highest BCUT2D eigenvalue weighted by Gasteiger charge is 2.31. The average molecular weight is 342 g/mol. The normalized spacial score (nSPS) is 13.1. The number of sulfonamides is 1. The molecule has 0 fully saturated rings. The molecule has 0 aliphatic rings. The van der Waals surface area contributed by atoms with Gasteiger partial charge in [-0.2, -0.15) is 4.31 Å². The number of carbonyl (C=O) groups is 1. The van der Waals surface area contributed by atoms with Gasteiger partial charge in [0.25, 0.3) is 15.1 Å². The lowest BCUT2D eigenvalue weighted by Crippen LogP contribution is -2.29. The van der Waals surface area contributed by atoms with E-state index < -0.39 is 32.9 Å². The lowest BCUT2D eigenvalue weighted by molar-refractivity contribution is 0.0588. The largest absolute Gasteiger partial charge is 0.464 e. The second kappa shape index (κ2) is 6.47. The van der Waals surface area contributed by atoms with Gasteiger partial charge >= 0.3 is 5.97 Å². The fraction of sp³-hybridized carbons (Fsp3) is 0.286. The van der Waals surface area contributed by atoms with Gasteiger partial charge in [0, 0.05) is 19.2 Å². The van der Waals surface area contributed by atoms with E-state index in [1.165, 1.54) is 31.3 Å². The summed E-state index contributed by atoms with van der Waals surface area (Å²) < 4.78 is 48.2. The summed E-state index contributed by atoms with van der Waals surface area (Å²) in [6, 6.07) is 5.90. The van der Waals surface area contributed by atoms with E-state index in [1.807, 2.05) is 0 Å². The van der Waals surface area contributed by atoms with Crippen molar-refractivity contribution in [3.8, 4) is 0 Å². The molecule has 1 heterocycles. The molecule has 7 nitrogen and oxygen atoms in total. The van der Waals surface area contributed by atoms with Crippen LogP contribution in [0.3, 0.4) is 0 Å². The molecule has 0 N–H and O–H groups in total. The van der Waals surface area contributed by atoms with E-state index in [-0.39, 0.29) is 5.69 Å². The van der Waals surface area contributed by atoms with Crippen LogP contribution >= 0.6 is 0 Å². The molecule has 2 rings (SSSR count). The lowest BCUT2D eigenvalue weighted by Gasteiger charge is -2.23. The second-order valence-electron chi connectivity index (χ2n) is 4.77.